The summed E-state index contributed by atoms with van der Waals surface area (Å²) >= 11 is 10.3. The molecule has 7 aliphatic carbocycles. The highest BCUT2D eigenvalue weighted by molar-refractivity contribution is 14.1. The second kappa shape index (κ2) is 43.3. The number of hydrogen-bond donors (Lipinski definition) is 8. The first-order chi connectivity index (χ1) is 55.7. The third-order valence-corrected chi connectivity index (χ3v) is 22.8. The van der Waals surface area contributed by atoms with Crippen LogP contribution in [0.15, 0.2) is 132 Å². The van der Waals surface area contributed by atoms with Crippen molar-refractivity contribution in [1.82, 2.24) is 71.4 Å². The van der Waals surface area contributed by atoms with E-state index in [9.17, 15) is 29.7 Å². The number of nitrogens with zero attached hydrogens (tertiary/aromatic N) is 14. The smallest absolute Gasteiger partial charge is 0.300 e. The van der Waals surface area contributed by atoms with Gasteiger partial charge in [0.05, 0.1) is 26.3 Å². The molecule has 0 bridgehead atoms. The number of rotatable bonds is 21. The highest BCUT2D eigenvalue weighted by atomic mass is 127. The number of allylic oxidation sites excluding steroid dienone is 3. The molecule has 0 saturated heterocycles. The largest absolute Gasteiger partial charge is 0.481 e. The predicted octanol–water partition coefficient (Wildman–Crippen LogP) is 13.8. The lowest BCUT2D eigenvalue weighted by molar-refractivity contribution is -0.134. The maximum Gasteiger partial charge on any atom is 0.300 e. The molecule has 3 aromatic carbocycles. The fraction of sp³-hybridized carbons (Fsp3) is 0.325. The molecule has 17 rings (SSSR count). The average molecular weight is 1940 g/mol. The number of carboxylic acid groups (broad SMARTS) is 1. The molecule has 7 heterocycles. The Morgan fingerprint density at radius 2 is 0.878 bits per heavy atom. The topological polar surface area (TPSA) is 392 Å². The van der Waals surface area contributed by atoms with Gasteiger partial charge in [0.15, 0.2) is 24.1 Å². The van der Waals surface area contributed by atoms with Crippen molar-refractivity contribution in [2.45, 2.75) is 147 Å². The average Bonchev–Trinajstić information content (AvgIpc) is 1.66. The van der Waals surface area contributed by atoms with Gasteiger partial charge >= 0.3 is 0 Å². The number of aryl methyl sites for hydroxylation is 4. The van der Waals surface area contributed by atoms with Crippen molar-refractivity contribution < 1.29 is 39.6 Å². The molecular weight excluding hydrogens is 1850 g/mol. The van der Waals surface area contributed by atoms with Crippen LogP contribution in [0.25, 0.3) is 18.2 Å². The fourth-order valence-electron chi connectivity index (χ4n) is 11.6. The normalized spacial score (nSPS) is 14.8. The number of terminal acetylenes is 2. The minimum atomic E-state index is -1.25. The Morgan fingerprint density at radius 1 is 0.487 bits per heavy atom. The number of carbonyl (C=O) groups is 4. The van der Waals surface area contributed by atoms with E-state index in [2.05, 4.69) is 209 Å². The first-order valence-electron chi connectivity index (χ1n) is 37.2. The summed E-state index contributed by atoms with van der Waals surface area (Å²) < 4.78 is 2.81. The molecule has 7 aromatic heterocycles. The number of hydrogen-bond acceptors (Lipinski definition) is 25. The van der Waals surface area contributed by atoms with Crippen molar-refractivity contribution in [2.75, 3.05) is 21.7 Å². The van der Waals surface area contributed by atoms with E-state index in [1.807, 2.05) is 30.3 Å². The van der Waals surface area contributed by atoms with E-state index in [0.717, 1.165) is 118 Å². The number of carbonyl (C=O) groups excluding carboxylic acids is 3. The minimum absolute atomic E-state index is 0.357. The molecule has 4 fully saturated rings. The number of aliphatic hydroxyl groups is 3. The number of fused-ring (bicyclic) bond motifs is 3. The van der Waals surface area contributed by atoms with Gasteiger partial charge < -0.3 is 26.2 Å². The van der Waals surface area contributed by atoms with Crippen LogP contribution in [-0.4, -0.2) is 115 Å². The summed E-state index contributed by atoms with van der Waals surface area (Å²) in [5.41, 5.74) is 20.3. The number of halogens is 3. The molecule has 4 saturated carbocycles. The van der Waals surface area contributed by atoms with E-state index in [1.54, 1.807) is 78.4 Å². The Morgan fingerprint density at radius 3 is 1.29 bits per heavy atom. The summed E-state index contributed by atoms with van der Waals surface area (Å²) in [5.74, 6) is 12.5. The first kappa shape index (κ1) is 86.2. The van der Waals surface area contributed by atoms with Gasteiger partial charge in [-0.25, -0.2) is 0 Å². The monoisotopic (exact) mass is 1930 g/mol. The second-order valence-electron chi connectivity index (χ2n) is 27.4. The van der Waals surface area contributed by atoms with Crippen molar-refractivity contribution >= 4 is 165 Å². The van der Waals surface area contributed by atoms with Gasteiger partial charge in [-0.3, -0.25) is 35.1 Å². The second-order valence-corrected chi connectivity index (χ2v) is 34.0. The van der Waals surface area contributed by atoms with E-state index in [0.29, 0.717) is 75.2 Å². The van der Waals surface area contributed by atoms with E-state index in [-0.39, 0.29) is 0 Å². The van der Waals surface area contributed by atoms with Gasteiger partial charge in [-0.05, 0) is 209 Å². The SMILES string of the molecule is C#CC1CC1.C#CCCc1nnc(NC(=O)[C@@H](O)c2ccccc2)s1.CC(=O)O.Ic1cc2c(nn1)CC(C1CC1)=C2.Nc1nnc(I)cc1I.O=C(Nc1nnc(CCC#Cc2cc3c(nn2)CC(C2CC2)=C3)s1)[C@@H](O)c1ccccc1.O=C(Nc1nnc(CCCCc2cc3c(nn2)CC(C2CC2)=C3)s1)[C@@H](O)c1ccccc1. The molecule has 26 nitrogen and oxygen atoms in total. The highest BCUT2D eigenvalue weighted by Gasteiger charge is 2.33. The summed E-state index contributed by atoms with van der Waals surface area (Å²) in [4.78, 5) is 45.3. The van der Waals surface area contributed by atoms with Crippen LogP contribution in [0, 0.1) is 71.2 Å². The fourth-order valence-corrected chi connectivity index (χ4v) is 15.7. The summed E-state index contributed by atoms with van der Waals surface area (Å²) in [5, 5.41) is 106. The Labute approximate surface area is 718 Å². The third-order valence-electron chi connectivity index (χ3n) is 18.2. The van der Waals surface area contributed by atoms with Gasteiger partial charge in [0, 0.05) is 75.3 Å². The summed E-state index contributed by atoms with van der Waals surface area (Å²) in [6.45, 7) is 1.08. The quantitative estimate of drug-likeness (QED) is 0.0188. The first-order valence-corrected chi connectivity index (χ1v) is 42.9. The number of benzene rings is 3. The number of nitrogens with one attached hydrogen (secondary N) is 3. The van der Waals surface area contributed by atoms with Crippen LogP contribution in [0.1, 0.15) is 179 Å². The molecule has 3 amide bonds. The maximum atomic E-state index is 12.2. The zero-order valence-corrected chi connectivity index (χ0v) is 71.4. The van der Waals surface area contributed by atoms with Gasteiger partial charge in [-0.15, -0.1) is 75.7 Å². The van der Waals surface area contributed by atoms with Crippen LogP contribution in [0.4, 0.5) is 21.2 Å². The van der Waals surface area contributed by atoms with Crippen LogP contribution >= 0.6 is 102 Å². The summed E-state index contributed by atoms with van der Waals surface area (Å²) in [7, 11) is 0. The van der Waals surface area contributed by atoms with Crippen molar-refractivity contribution in [1.29, 1.82) is 0 Å². The van der Waals surface area contributed by atoms with E-state index < -0.39 is 42.0 Å². The molecule has 32 heteroatoms. The van der Waals surface area contributed by atoms with Gasteiger partial charge in [-0.1, -0.05) is 166 Å². The number of aliphatic hydroxyl groups excluding tert-OH is 3. The van der Waals surface area contributed by atoms with Crippen molar-refractivity contribution in [2.24, 2.45) is 23.7 Å². The number of aromatic nitrogens is 14. The molecule has 0 spiro atoms. The Hall–Kier alpha value is -9.69. The molecule has 7 aliphatic rings. The standard InChI is InChI=1S/C24H25N5O2S.C24H21N5O2S.C14H13N3O2S.C10H9IN2.C5H6.C4H3I2N3.C2H4O2/c2*30-22(16-6-2-1-3-7-16)23(31)25-24-29-28-21(32-24)9-5-4-8-19-13-18-12-17(15-10-11-15)14-20(18)27-26-19;1-2-3-9-11-16-17-14(20-11)15-13(19)12(18)10-7-5-4-6-8-10;11-10-5-8-3-7(6-1-2-6)4-9(8)12-13-10;1-2-5-3-4-5;5-2-1-3(6)8-9-4(2)7;1-2(3)4/h1-3,6-7,12-13,15,22,30H,4-5,8-11,14H2,(H,25,29,31);1-3,6-7,12-13,15,22,30H,5,9-11,14H2,(H,25,29,31);1,4-8,12,18H,3,9H2,(H,15,17,19);3,5-6H,1-2,4H2;1,5H,3-4H2;1H,(H2,7,9);1H3,(H,3,4)/t2*22-;12-;;;;/m000..../s1. The maximum absolute atomic E-state index is 12.2. The van der Waals surface area contributed by atoms with Crippen molar-refractivity contribution in [3.63, 3.8) is 0 Å². The predicted molar refractivity (Wildman–Crippen MR) is 468 cm³/mol. The highest BCUT2D eigenvalue weighted by Crippen LogP contribution is 2.44. The van der Waals surface area contributed by atoms with Crippen molar-refractivity contribution in [3.05, 3.63) is 220 Å². The van der Waals surface area contributed by atoms with Crippen LogP contribution in [0.3, 0.4) is 0 Å². The van der Waals surface area contributed by atoms with Crippen LogP contribution < -0.4 is 21.7 Å². The van der Waals surface area contributed by atoms with Crippen LogP contribution in [0.5, 0.6) is 0 Å². The summed E-state index contributed by atoms with van der Waals surface area (Å²) in [6.07, 6.45) is 32.9. The zero-order valence-electron chi connectivity index (χ0n) is 62.5. The van der Waals surface area contributed by atoms with Crippen LogP contribution in [0.2, 0.25) is 0 Å². The molecule has 115 heavy (non-hydrogen) atoms. The Bertz CT molecular complexity index is 5280. The van der Waals surface area contributed by atoms with E-state index in [4.69, 9.17) is 28.5 Å². The molecule has 10 aromatic rings. The van der Waals surface area contributed by atoms with Gasteiger partial charge in [-0.2, -0.15) is 20.4 Å². The Balaban J connectivity index is 0.000000145. The molecule has 0 radical (unpaired) electrons. The Kier molecular flexibility index (Phi) is 32.5. The van der Waals surface area contributed by atoms with E-state index in [1.165, 1.54) is 113 Å². The zero-order chi connectivity index (χ0) is 81.2. The van der Waals surface area contributed by atoms with E-state index >= 15 is 0 Å². The number of aliphatic carboxylic acids is 1. The minimum Gasteiger partial charge on any atom is -0.481 e. The van der Waals surface area contributed by atoms with Gasteiger partial charge in [0.25, 0.3) is 23.7 Å². The molecule has 9 N–H and O–H groups in total. The number of carboxylic acids is 1. The molecule has 3 atom stereocenters. The van der Waals surface area contributed by atoms with Gasteiger partial charge in [0.1, 0.15) is 28.1 Å². The number of nitrogen functional groups attached to an aromatic ring is 1. The number of anilines is 4. The molecular formula is C83H81I3N18O8S3. The molecule has 0 aliphatic heterocycles. The third kappa shape index (κ3) is 28.0. The molecule has 0 unspecified atom stereocenters. The van der Waals surface area contributed by atoms with Crippen molar-refractivity contribution in [3.8, 4) is 36.5 Å². The van der Waals surface area contributed by atoms with Crippen LogP contribution in [-0.2, 0) is 64.1 Å². The lowest BCUT2D eigenvalue weighted by Crippen LogP contribution is -2.20. The number of amides is 3. The number of unbranched alkanes of at least 4 members (excludes halogenated alkanes) is 1. The molecule has 590 valence electrons. The lowest BCUT2D eigenvalue weighted by atomic mass is 10.1. The number of nitrogens with two attached hydrogens (primary N) is 1. The van der Waals surface area contributed by atoms with Gasteiger partial charge in [0.2, 0.25) is 15.4 Å². The summed E-state index contributed by atoms with van der Waals surface area (Å²) in [6, 6.07) is 34.5. The lowest BCUT2D eigenvalue weighted by Gasteiger charge is -2.09.